The first-order valence-corrected chi connectivity index (χ1v) is 6.47. The molecule has 0 N–H and O–H groups in total. The maximum atomic E-state index is 11.7. The number of halogens is 2. The first-order valence-electron chi connectivity index (χ1n) is 4.55. The van der Waals surface area contributed by atoms with Crippen molar-refractivity contribution < 1.29 is 4.79 Å². The molecule has 1 aliphatic heterocycles. The van der Waals surface area contributed by atoms with Gasteiger partial charge >= 0.3 is 0 Å². The van der Waals surface area contributed by atoms with E-state index in [-0.39, 0.29) is 5.91 Å². The van der Waals surface area contributed by atoms with Gasteiger partial charge in [0, 0.05) is 24.5 Å². The molecular weight excluding hydrogens is 326 g/mol. The summed E-state index contributed by atoms with van der Waals surface area (Å²) in [5.74, 6) is 0.940. The van der Waals surface area contributed by atoms with E-state index in [4.69, 9.17) is 0 Å². The number of rotatable bonds is 2. The summed E-state index contributed by atoms with van der Waals surface area (Å²) >= 11 is 6.65. The third-order valence-corrected chi connectivity index (χ3v) is 3.63. The highest BCUT2D eigenvalue weighted by Gasteiger charge is 2.31. The van der Waals surface area contributed by atoms with E-state index in [2.05, 4.69) is 41.8 Å². The lowest BCUT2D eigenvalue weighted by Gasteiger charge is -2.13. The number of aromatic nitrogens is 2. The second kappa shape index (κ2) is 4.57. The van der Waals surface area contributed by atoms with Gasteiger partial charge in [-0.25, -0.2) is 9.97 Å². The summed E-state index contributed by atoms with van der Waals surface area (Å²) in [6, 6.07) is 1.74. The first kappa shape index (κ1) is 11.0. The van der Waals surface area contributed by atoms with Gasteiger partial charge in [0.15, 0.2) is 0 Å². The first-order chi connectivity index (χ1) is 7.20. The zero-order valence-corrected chi connectivity index (χ0v) is 11.0. The van der Waals surface area contributed by atoms with Gasteiger partial charge in [-0.1, -0.05) is 15.9 Å². The van der Waals surface area contributed by atoms with Gasteiger partial charge in [0.1, 0.15) is 4.60 Å². The standard InChI is InChI=1S/C9H9Br2N3O/c10-4-6-3-8(15)14(5-6)9-12-2-1-7(11)13-9/h1-2,6H,3-5H2. The molecule has 1 aromatic rings. The minimum atomic E-state index is 0.0950. The molecule has 15 heavy (non-hydrogen) atoms. The van der Waals surface area contributed by atoms with Crippen LogP contribution in [0.25, 0.3) is 0 Å². The van der Waals surface area contributed by atoms with Crippen LogP contribution in [0.2, 0.25) is 0 Å². The molecule has 1 saturated heterocycles. The quantitative estimate of drug-likeness (QED) is 0.613. The van der Waals surface area contributed by atoms with Crippen molar-refractivity contribution in [3.05, 3.63) is 16.9 Å². The third-order valence-electron chi connectivity index (χ3n) is 2.27. The molecule has 0 aromatic carbocycles. The molecule has 2 rings (SSSR count). The van der Waals surface area contributed by atoms with Gasteiger partial charge in [-0.3, -0.25) is 9.69 Å². The Hall–Kier alpha value is -0.490. The second-order valence-corrected chi connectivity index (χ2v) is 4.87. The van der Waals surface area contributed by atoms with E-state index in [1.807, 2.05) is 0 Å². The van der Waals surface area contributed by atoms with Gasteiger partial charge in [-0.15, -0.1) is 0 Å². The van der Waals surface area contributed by atoms with Crippen molar-refractivity contribution in [1.82, 2.24) is 9.97 Å². The molecule has 0 aliphatic carbocycles. The van der Waals surface area contributed by atoms with Gasteiger partial charge in [0.25, 0.3) is 0 Å². The summed E-state index contributed by atoms with van der Waals surface area (Å²) in [4.78, 5) is 21.6. The van der Waals surface area contributed by atoms with Crippen molar-refractivity contribution in [2.45, 2.75) is 6.42 Å². The zero-order chi connectivity index (χ0) is 10.8. The van der Waals surface area contributed by atoms with Crippen LogP contribution in [-0.2, 0) is 4.79 Å². The van der Waals surface area contributed by atoms with Gasteiger partial charge in [-0.2, -0.15) is 0 Å². The Balaban J connectivity index is 2.21. The summed E-state index contributed by atoms with van der Waals surface area (Å²) in [5, 5.41) is 0.837. The molecule has 0 radical (unpaired) electrons. The van der Waals surface area contributed by atoms with Gasteiger partial charge < -0.3 is 0 Å². The predicted molar refractivity (Wildman–Crippen MR) is 64.0 cm³/mol. The van der Waals surface area contributed by atoms with Crippen molar-refractivity contribution in [3.8, 4) is 0 Å². The Bertz CT molecular complexity index is 385. The van der Waals surface area contributed by atoms with Crippen LogP contribution in [0.3, 0.4) is 0 Å². The Morgan fingerprint density at radius 3 is 3.00 bits per heavy atom. The third kappa shape index (κ3) is 2.36. The summed E-state index contributed by atoms with van der Waals surface area (Å²) in [7, 11) is 0. The lowest BCUT2D eigenvalue weighted by Crippen LogP contribution is -2.26. The van der Waals surface area contributed by atoms with Crippen molar-refractivity contribution >= 4 is 43.7 Å². The van der Waals surface area contributed by atoms with E-state index >= 15 is 0 Å². The summed E-state index contributed by atoms with van der Waals surface area (Å²) < 4.78 is 0.697. The number of amides is 1. The Kier molecular flexibility index (Phi) is 3.35. The molecule has 1 unspecified atom stereocenters. The maximum Gasteiger partial charge on any atom is 0.233 e. The highest BCUT2D eigenvalue weighted by atomic mass is 79.9. The van der Waals surface area contributed by atoms with Crippen LogP contribution in [0, 0.1) is 5.92 Å². The second-order valence-electron chi connectivity index (χ2n) is 3.41. The molecule has 2 heterocycles. The molecule has 1 atom stereocenters. The largest absolute Gasteiger partial charge is 0.280 e. The smallest absolute Gasteiger partial charge is 0.233 e. The Morgan fingerprint density at radius 1 is 1.60 bits per heavy atom. The summed E-state index contributed by atoms with van der Waals surface area (Å²) in [6.45, 7) is 0.695. The predicted octanol–water partition coefficient (Wildman–Crippen LogP) is 1.99. The molecule has 80 valence electrons. The Morgan fingerprint density at radius 2 is 2.40 bits per heavy atom. The van der Waals surface area contributed by atoms with E-state index in [0.717, 1.165) is 5.33 Å². The van der Waals surface area contributed by atoms with Crippen LogP contribution < -0.4 is 4.90 Å². The number of carbonyl (C=O) groups is 1. The number of hydrogen-bond donors (Lipinski definition) is 0. The van der Waals surface area contributed by atoms with Gasteiger partial charge in [-0.05, 0) is 27.9 Å². The number of nitrogens with zero attached hydrogens (tertiary/aromatic N) is 3. The molecule has 1 amide bonds. The van der Waals surface area contributed by atoms with Crippen molar-refractivity contribution in [1.29, 1.82) is 0 Å². The van der Waals surface area contributed by atoms with E-state index in [9.17, 15) is 4.79 Å². The molecule has 0 saturated carbocycles. The highest BCUT2D eigenvalue weighted by molar-refractivity contribution is 9.10. The van der Waals surface area contributed by atoms with Crippen LogP contribution in [0.5, 0.6) is 0 Å². The fraction of sp³-hybridized carbons (Fsp3) is 0.444. The van der Waals surface area contributed by atoms with E-state index < -0.39 is 0 Å². The zero-order valence-electron chi connectivity index (χ0n) is 7.86. The molecule has 0 spiro atoms. The van der Waals surface area contributed by atoms with Gasteiger partial charge in [0.2, 0.25) is 11.9 Å². The lowest BCUT2D eigenvalue weighted by molar-refractivity contribution is -0.117. The van der Waals surface area contributed by atoms with Crippen molar-refractivity contribution in [3.63, 3.8) is 0 Å². The molecular formula is C9H9Br2N3O. The topological polar surface area (TPSA) is 46.1 Å². The summed E-state index contributed by atoms with van der Waals surface area (Å²) in [6.07, 6.45) is 2.21. The molecule has 1 aromatic heterocycles. The maximum absolute atomic E-state index is 11.7. The molecule has 1 fully saturated rings. The molecule has 4 nitrogen and oxygen atoms in total. The minimum absolute atomic E-state index is 0.0950. The van der Waals surface area contributed by atoms with Crippen LogP contribution in [0.4, 0.5) is 5.95 Å². The fourth-order valence-corrected chi connectivity index (χ4v) is 2.25. The van der Waals surface area contributed by atoms with Crippen molar-refractivity contribution in [2.24, 2.45) is 5.92 Å². The number of alkyl halides is 1. The molecule has 6 heteroatoms. The average Bonchev–Trinajstić information content (AvgIpc) is 2.60. The molecule has 0 bridgehead atoms. The monoisotopic (exact) mass is 333 g/mol. The van der Waals surface area contributed by atoms with E-state index in [1.54, 1.807) is 17.2 Å². The van der Waals surface area contributed by atoms with Crippen LogP contribution in [-0.4, -0.2) is 27.7 Å². The van der Waals surface area contributed by atoms with Gasteiger partial charge in [0.05, 0.1) is 0 Å². The lowest BCUT2D eigenvalue weighted by atomic mass is 10.2. The average molecular weight is 335 g/mol. The Labute approximate surface area is 104 Å². The van der Waals surface area contributed by atoms with Crippen LogP contribution in [0.1, 0.15) is 6.42 Å². The van der Waals surface area contributed by atoms with Crippen LogP contribution >= 0.6 is 31.9 Å². The normalized spacial score (nSPS) is 21.1. The summed E-state index contributed by atoms with van der Waals surface area (Å²) in [5.41, 5.74) is 0. The molecule has 1 aliphatic rings. The van der Waals surface area contributed by atoms with E-state index in [0.29, 0.717) is 29.4 Å². The highest BCUT2D eigenvalue weighted by Crippen LogP contribution is 2.23. The SMILES string of the molecule is O=C1CC(CBr)CN1c1nccc(Br)n1. The number of hydrogen-bond acceptors (Lipinski definition) is 3. The van der Waals surface area contributed by atoms with Crippen molar-refractivity contribution in [2.75, 3.05) is 16.8 Å². The van der Waals surface area contributed by atoms with E-state index in [1.165, 1.54) is 0 Å². The minimum Gasteiger partial charge on any atom is -0.280 e. The number of anilines is 1. The number of carbonyl (C=O) groups excluding carboxylic acids is 1. The fourth-order valence-electron chi connectivity index (χ4n) is 1.54. The van der Waals surface area contributed by atoms with Crippen LogP contribution in [0.15, 0.2) is 16.9 Å².